The smallest absolute Gasteiger partial charge is 0.0702 e. The lowest BCUT2D eigenvalue weighted by Crippen LogP contribution is -2.13. The predicted octanol–water partition coefficient (Wildman–Crippen LogP) is 30.9. The van der Waals surface area contributed by atoms with Crippen LogP contribution in [0.1, 0.15) is 47.3 Å². The summed E-state index contributed by atoms with van der Waals surface area (Å²) in [6, 6.07) is 143. The number of nitrogens with zero attached hydrogens (tertiary/aromatic N) is 4. The van der Waals surface area contributed by atoms with Gasteiger partial charge in [-0.1, -0.05) is 304 Å². The molecule has 0 aliphatic heterocycles. The van der Waals surface area contributed by atoms with Crippen LogP contribution in [0, 0.1) is 0 Å². The summed E-state index contributed by atoms with van der Waals surface area (Å²) in [5.41, 5.74) is 25.9. The van der Waals surface area contributed by atoms with Gasteiger partial charge in [0, 0.05) is 67.8 Å². The van der Waals surface area contributed by atoms with Crippen LogP contribution in [0.25, 0.3) is 170 Å². The summed E-state index contributed by atoms with van der Waals surface area (Å²) in [5, 5.41) is 22.3. The van der Waals surface area contributed by atoms with E-state index in [-0.39, 0.29) is 5.92 Å². The Bertz CT molecular complexity index is 7720. The Morgan fingerprint density at radius 2 is 0.767 bits per heavy atom. The number of anilines is 6. The number of rotatable bonds is 12. The molecule has 2 aliphatic carbocycles. The Morgan fingerprint density at radius 3 is 1.45 bits per heavy atom. The average molecular weight is 1480 g/mol. The summed E-state index contributed by atoms with van der Waals surface area (Å²) >= 11 is 0. The van der Waals surface area contributed by atoms with E-state index >= 15 is 0 Å². The maximum absolute atomic E-state index is 2.52. The number of para-hydroxylation sites is 4. The Kier molecular flexibility index (Phi) is 15.7. The van der Waals surface area contributed by atoms with Crippen molar-refractivity contribution in [2.45, 2.75) is 25.7 Å². The molecule has 0 saturated carbocycles. The van der Waals surface area contributed by atoms with Crippen LogP contribution in [-0.2, 0) is 6.42 Å². The number of aryl methyl sites for hydroxylation is 1. The maximum Gasteiger partial charge on any atom is 0.0702 e. The lowest BCUT2D eigenvalue weighted by molar-refractivity contribution is 0.880. The molecule has 23 rings (SSSR count). The van der Waals surface area contributed by atoms with Gasteiger partial charge in [-0.25, -0.2) is 0 Å². The molecule has 0 N–H and O–H groups in total. The normalized spacial score (nSPS) is 13.4. The highest BCUT2D eigenvalue weighted by molar-refractivity contribution is 6.16. The van der Waals surface area contributed by atoms with Crippen molar-refractivity contribution in [3.05, 3.63) is 428 Å². The Hall–Kier alpha value is -14.8. The zero-order valence-electron chi connectivity index (χ0n) is 64.0. The molecule has 0 amide bonds. The van der Waals surface area contributed by atoms with Crippen molar-refractivity contribution < 1.29 is 0 Å². The van der Waals surface area contributed by atoms with Crippen molar-refractivity contribution in [1.82, 2.24) is 9.13 Å². The summed E-state index contributed by atoms with van der Waals surface area (Å²) in [6.07, 6.45) is 13.7. The van der Waals surface area contributed by atoms with Crippen LogP contribution < -0.4 is 9.80 Å². The highest BCUT2D eigenvalue weighted by atomic mass is 15.2. The van der Waals surface area contributed by atoms with Crippen LogP contribution >= 0.6 is 0 Å². The number of aromatic nitrogens is 2. The van der Waals surface area contributed by atoms with E-state index in [2.05, 4.69) is 438 Å². The molecule has 4 heteroatoms. The second-order valence-electron chi connectivity index (χ2n) is 31.3. The number of fused-ring (bicyclic) bond motifs is 18. The monoisotopic (exact) mass is 1480 g/mol. The van der Waals surface area contributed by atoms with Crippen LogP contribution in [0.4, 0.5) is 34.1 Å². The van der Waals surface area contributed by atoms with Crippen molar-refractivity contribution in [3.8, 4) is 44.8 Å². The van der Waals surface area contributed by atoms with E-state index in [1.165, 1.54) is 169 Å². The van der Waals surface area contributed by atoms with E-state index in [1.807, 2.05) is 0 Å². The SMILES string of the molecule is C[C@@H]1C(c2cccc(N(c3ccc(-c4cccc5c4ccc4ccccc45)cc3)c3ccc4c(ccc5ccccc54)c3)c2)=CC=Cc2c1n(-c1ccccc1)c1ccc(-c3ccc4ccc5c(-c6ccc(N(c7ccc8c(ccc9ccccc98)c7)c7ccccc7-n7c8c(c9ccccc97)CCC=C8)cc6)cccc5c4c3)cc21. The summed E-state index contributed by atoms with van der Waals surface area (Å²) in [7, 11) is 0. The first-order valence-electron chi connectivity index (χ1n) is 40.6. The number of hydrogen-bond donors (Lipinski definition) is 0. The van der Waals surface area contributed by atoms with E-state index in [0.29, 0.717) is 0 Å². The zero-order chi connectivity index (χ0) is 76.5. The molecule has 0 bridgehead atoms. The molecule has 2 aliphatic rings. The molecule has 0 radical (unpaired) electrons. The van der Waals surface area contributed by atoms with Crippen LogP contribution in [0.3, 0.4) is 0 Å². The third-order valence-electron chi connectivity index (χ3n) is 25.0. The first kappa shape index (κ1) is 66.9. The van der Waals surface area contributed by atoms with E-state index < -0.39 is 0 Å². The Morgan fingerprint density at radius 1 is 0.293 bits per heavy atom. The first-order valence-corrected chi connectivity index (χ1v) is 40.6. The fourth-order valence-electron chi connectivity index (χ4n) is 19.5. The highest BCUT2D eigenvalue weighted by Crippen LogP contribution is 2.49. The quantitative estimate of drug-likeness (QED) is 0.113. The molecule has 0 fully saturated rings. The van der Waals surface area contributed by atoms with Gasteiger partial charge < -0.3 is 18.9 Å². The number of allylic oxidation sites excluding steroid dienone is 4. The lowest BCUT2D eigenvalue weighted by Gasteiger charge is -2.29. The second-order valence-corrected chi connectivity index (χ2v) is 31.3. The molecule has 19 aromatic carbocycles. The largest absolute Gasteiger partial charge is 0.312 e. The zero-order valence-corrected chi connectivity index (χ0v) is 64.0. The fourth-order valence-corrected chi connectivity index (χ4v) is 19.5. The van der Waals surface area contributed by atoms with Gasteiger partial charge >= 0.3 is 0 Å². The molecule has 0 unspecified atom stereocenters. The highest BCUT2D eigenvalue weighted by Gasteiger charge is 2.29. The van der Waals surface area contributed by atoms with Gasteiger partial charge in [0.15, 0.2) is 0 Å². The number of hydrogen-bond acceptors (Lipinski definition) is 2. The van der Waals surface area contributed by atoms with Crippen LogP contribution in [0.5, 0.6) is 0 Å². The molecule has 0 spiro atoms. The van der Waals surface area contributed by atoms with Gasteiger partial charge in [0.05, 0.1) is 22.4 Å². The van der Waals surface area contributed by atoms with Crippen LogP contribution in [0.2, 0.25) is 0 Å². The standard InChI is InChI=1S/C112H76N4/c1-72-90(81-24-17-27-87(67-81)113(88-60-64-96-82(68-88)47-44-73-21-5-8-28-91(73)96)85-56-49-76(50-57-85)94-34-19-36-98-93-30-10-7-23-75(93)53-62-100(94)98)33-18-38-104-106-71-80(55-66-109(106)115(112(72)104)84-25-3-2-4-26-84)79-46-43-78-54-63-101-95(35-20-37-99(101)105(78)70-79)77-51-58-86(59-52-77)114(89-61-65-97-83(69-89)48-45-74-22-6-9-29-92(74)97)110-41-15-16-42-111(110)116-107-39-13-11-31-102(107)103-32-12-14-40-108(103)116/h2-11,13-31,33-72H,12,32H2,1H3/t72-/m1/s1. The van der Waals surface area contributed by atoms with Gasteiger partial charge in [0.2, 0.25) is 0 Å². The minimum absolute atomic E-state index is 0.0100. The molecular weight excluding hydrogens is 1400 g/mol. The van der Waals surface area contributed by atoms with Crippen molar-refractivity contribution in [2.24, 2.45) is 0 Å². The average Bonchev–Trinajstić information content (AvgIpc) is 1.54. The molecule has 544 valence electrons. The minimum atomic E-state index is -0.0100. The second kappa shape index (κ2) is 27.2. The van der Waals surface area contributed by atoms with Gasteiger partial charge in [0.1, 0.15) is 0 Å². The molecule has 0 saturated heterocycles. The molecule has 1 atom stereocenters. The summed E-state index contributed by atoms with van der Waals surface area (Å²) in [4.78, 5) is 4.91. The van der Waals surface area contributed by atoms with Crippen LogP contribution in [0.15, 0.2) is 400 Å². The van der Waals surface area contributed by atoms with Gasteiger partial charge in [-0.05, 0) is 264 Å². The maximum atomic E-state index is 2.52. The molecule has 4 nitrogen and oxygen atoms in total. The summed E-state index contributed by atoms with van der Waals surface area (Å²) < 4.78 is 5.02. The van der Waals surface area contributed by atoms with Crippen molar-refractivity contribution in [2.75, 3.05) is 9.80 Å². The summed E-state index contributed by atoms with van der Waals surface area (Å²) in [6.45, 7) is 2.40. The topological polar surface area (TPSA) is 16.3 Å². The Labute approximate surface area is 673 Å². The molecule has 2 heterocycles. The first-order chi connectivity index (χ1) is 57.4. The fraction of sp³-hybridized carbons (Fsp3) is 0.0357. The van der Waals surface area contributed by atoms with Gasteiger partial charge in [-0.3, -0.25) is 0 Å². The van der Waals surface area contributed by atoms with Crippen molar-refractivity contribution in [3.63, 3.8) is 0 Å². The molecular formula is C112H76N4. The number of benzene rings is 19. The van der Waals surface area contributed by atoms with Crippen molar-refractivity contribution in [1.29, 1.82) is 0 Å². The van der Waals surface area contributed by atoms with Gasteiger partial charge in [-0.15, -0.1) is 0 Å². The summed E-state index contributed by atoms with van der Waals surface area (Å²) in [5.74, 6) is -0.0100. The molecule has 21 aromatic rings. The van der Waals surface area contributed by atoms with Gasteiger partial charge in [-0.2, -0.15) is 0 Å². The van der Waals surface area contributed by atoms with E-state index in [9.17, 15) is 0 Å². The molecule has 116 heavy (non-hydrogen) atoms. The lowest BCUT2D eigenvalue weighted by atomic mass is 9.89. The van der Waals surface area contributed by atoms with E-state index in [1.54, 1.807) is 0 Å². The van der Waals surface area contributed by atoms with E-state index in [0.717, 1.165) is 63.9 Å². The minimum Gasteiger partial charge on any atom is -0.312 e. The third-order valence-corrected chi connectivity index (χ3v) is 25.0. The van der Waals surface area contributed by atoms with Crippen molar-refractivity contribution >= 4 is 160 Å². The molecule has 2 aromatic heterocycles. The Balaban J connectivity index is 0.598. The van der Waals surface area contributed by atoms with E-state index in [4.69, 9.17) is 0 Å². The van der Waals surface area contributed by atoms with Crippen LogP contribution in [-0.4, -0.2) is 9.13 Å². The van der Waals surface area contributed by atoms with Gasteiger partial charge in [0.25, 0.3) is 0 Å². The third kappa shape index (κ3) is 11.0. The predicted molar refractivity (Wildman–Crippen MR) is 495 cm³/mol.